The van der Waals surface area contributed by atoms with Crippen LogP contribution in [0, 0.1) is 5.92 Å². The van der Waals surface area contributed by atoms with Crippen molar-refractivity contribution in [3.63, 3.8) is 0 Å². The van der Waals surface area contributed by atoms with Crippen molar-refractivity contribution < 1.29 is 14.3 Å². The number of halogens is 1. The lowest BCUT2D eigenvalue weighted by molar-refractivity contribution is -0.138. The van der Waals surface area contributed by atoms with E-state index in [0.29, 0.717) is 44.3 Å². The first kappa shape index (κ1) is 25.8. The van der Waals surface area contributed by atoms with E-state index in [9.17, 15) is 9.59 Å². The fourth-order valence-electron chi connectivity index (χ4n) is 5.28. The summed E-state index contributed by atoms with van der Waals surface area (Å²) in [6.07, 6.45) is 10.7. The lowest BCUT2D eigenvalue weighted by Crippen LogP contribution is -2.52. The highest BCUT2D eigenvalue weighted by Crippen LogP contribution is 2.26. The average Bonchev–Trinajstić information content (AvgIpc) is 2.87. The van der Waals surface area contributed by atoms with Crippen molar-refractivity contribution in [1.82, 2.24) is 14.7 Å². The van der Waals surface area contributed by atoms with Crippen LogP contribution in [-0.4, -0.2) is 78.9 Å². The Morgan fingerprint density at radius 3 is 2.06 bits per heavy atom. The fraction of sp³-hybridized carbons (Fsp3) is 0.692. The molecule has 0 unspecified atom stereocenters. The van der Waals surface area contributed by atoms with E-state index in [4.69, 9.17) is 4.74 Å². The predicted molar refractivity (Wildman–Crippen MR) is 133 cm³/mol. The Kier molecular flexibility index (Phi) is 10.3. The molecule has 33 heavy (non-hydrogen) atoms. The number of ether oxygens (including phenoxy) is 1. The van der Waals surface area contributed by atoms with Crippen LogP contribution in [0.3, 0.4) is 0 Å². The number of hydrogen-bond donors (Lipinski definition) is 0. The highest BCUT2D eigenvalue weighted by Gasteiger charge is 2.29. The Bertz CT molecular complexity index is 738. The minimum atomic E-state index is 0. The van der Waals surface area contributed by atoms with E-state index < -0.39 is 0 Å². The Labute approximate surface area is 205 Å². The molecule has 0 atom stereocenters. The SMILES string of the molecule is Cl.O=C(c1ccc(OCCCN2CCCCC2)cc1)N1CCN(C(=O)C2CCCCC2)CC1. The molecule has 2 heterocycles. The summed E-state index contributed by atoms with van der Waals surface area (Å²) in [5.74, 6) is 1.38. The van der Waals surface area contributed by atoms with Crippen LogP contribution in [0.2, 0.25) is 0 Å². The minimum Gasteiger partial charge on any atom is -0.494 e. The summed E-state index contributed by atoms with van der Waals surface area (Å²) >= 11 is 0. The predicted octanol–water partition coefficient (Wildman–Crippen LogP) is 4.23. The summed E-state index contributed by atoms with van der Waals surface area (Å²) in [6, 6.07) is 7.53. The van der Waals surface area contributed by atoms with Crippen LogP contribution in [0.5, 0.6) is 5.75 Å². The Hall–Kier alpha value is -1.79. The number of amides is 2. The number of rotatable bonds is 7. The number of piperidine rings is 1. The van der Waals surface area contributed by atoms with E-state index in [0.717, 1.165) is 31.6 Å². The Morgan fingerprint density at radius 1 is 0.788 bits per heavy atom. The summed E-state index contributed by atoms with van der Waals surface area (Å²) in [7, 11) is 0. The Morgan fingerprint density at radius 2 is 1.39 bits per heavy atom. The molecule has 0 spiro atoms. The van der Waals surface area contributed by atoms with Gasteiger partial charge in [-0.3, -0.25) is 9.59 Å². The second-order valence-corrected chi connectivity index (χ2v) is 9.58. The highest BCUT2D eigenvalue weighted by molar-refractivity contribution is 5.94. The molecule has 2 aliphatic heterocycles. The van der Waals surface area contributed by atoms with Crippen molar-refractivity contribution in [1.29, 1.82) is 0 Å². The number of nitrogens with zero attached hydrogens (tertiary/aromatic N) is 3. The average molecular weight is 478 g/mol. The van der Waals surface area contributed by atoms with E-state index in [-0.39, 0.29) is 24.2 Å². The molecule has 1 saturated carbocycles. The first-order chi connectivity index (χ1) is 15.7. The molecule has 3 fully saturated rings. The third kappa shape index (κ3) is 7.35. The molecule has 4 rings (SSSR count). The molecular formula is C26H40ClN3O3. The largest absolute Gasteiger partial charge is 0.494 e. The van der Waals surface area contributed by atoms with Crippen LogP contribution in [0.15, 0.2) is 24.3 Å². The molecule has 3 aliphatic rings. The first-order valence-corrected chi connectivity index (χ1v) is 12.7. The van der Waals surface area contributed by atoms with Crippen molar-refractivity contribution in [2.45, 2.75) is 57.8 Å². The van der Waals surface area contributed by atoms with Crippen LogP contribution in [0.4, 0.5) is 0 Å². The monoisotopic (exact) mass is 477 g/mol. The lowest BCUT2D eigenvalue weighted by atomic mass is 9.88. The minimum absolute atomic E-state index is 0. The second-order valence-electron chi connectivity index (χ2n) is 9.58. The van der Waals surface area contributed by atoms with Gasteiger partial charge in [0.1, 0.15) is 5.75 Å². The van der Waals surface area contributed by atoms with Gasteiger partial charge in [-0.25, -0.2) is 0 Å². The van der Waals surface area contributed by atoms with Crippen molar-refractivity contribution in [3.05, 3.63) is 29.8 Å². The zero-order valence-electron chi connectivity index (χ0n) is 19.9. The second kappa shape index (κ2) is 13.2. The maximum Gasteiger partial charge on any atom is 0.253 e. The fourth-order valence-corrected chi connectivity index (χ4v) is 5.28. The number of hydrogen-bond acceptors (Lipinski definition) is 4. The zero-order valence-corrected chi connectivity index (χ0v) is 20.7. The summed E-state index contributed by atoms with van der Waals surface area (Å²) < 4.78 is 5.88. The van der Waals surface area contributed by atoms with Crippen LogP contribution >= 0.6 is 12.4 Å². The molecule has 1 aromatic carbocycles. The van der Waals surface area contributed by atoms with E-state index in [1.165, 1.54) is 51.6 Å². The smallest absolute Gasteiger partial charge is 0.253 e. The van der Waals surface area contributed by atoms with E-state index in [1.54, 1.807) is 0 Å². The van der Waals surface area contributed by atoms with Crippen LogP contribution in [0.25, 0.3) is 0 Å². The summed E-state index contributed by atoms with van der Waals surface area (Å²) in [5.41, 5.74) is 0.692. The van der Waals surface area contributed by atoms with Crippen molar-refractivity contribution in [3.8, 4) is 5.75 Å². The van der Waals surface area contributed by atoms with Gasteiger partial charge in [-0.1, -0.05) is 25.7 Å². The molecule has 2 amide bonds. The van der Waals surface area contributed by atoms with Crippen molar-refractivity contribution in [2.75, 3.05) is 52.4 Å². The maximum absolute atomic E-state index is 12.9. The molecule has 184 valence electrons. The van der Waals surface area contributed by atoms with Crippen molar-refractivity contribution in [2.24, 2.45) is 5.92 Å². The van der Waals surface area contributed by atoms with Gasteiger partial charge in [0.25, 0.3) is 5.91 Å². The summed E-state index contributed by atoms with van der Waals surface area (Å²) in [4.78, 5) is 32.0. The van der Waals surface area contributed by atoms with Gasteiger partial charge >= 0.3 is 0 Å². The van der Waals surface area contributed by atoms with Crippen molar-refractivity contribution >= 4 is 24.2 Å². The summed E-state index contributed by atoms with van der Waals surface area (Å²) in [6.45, 7) is 6.79. The topological polar surface area (TPSA) is 53.1 Å². The van der Waals surface area contributed by atoms with Gasteiger partial charge < -0.3 is 19.4 Å². The quantitative estimate of drug-likeness (QED) is 0.551. The van der Waals surface area contributed by atoms with Gasteiger partial charge in [0.2, 0.25) is 5.91 Å². The van der Waals surface area contributed by atoms with E-state index in [2.05, 4.69) is 4.90 Å². The first-order valence-electron chi connectivity index (χ1n) is 12.7. The highest BCUT2D eigenvalue weighted by atomic mass is 35.5. The van der Waals surface area contributed by atoms with Gasteiger partial charge in [-0.05, 0) is 69.5 Å². The van der Waals surface area contributed by atoms with Crippen LogP contribution < -0.4 is 4.74 Å². The van der Waals surface area contributed by atoms with Gasteiger partial charge in [0.05, 0.1) is 6.61 Å². The van der Waals surface area contributed by atoms with Gasteiger partial charge in [-0.15, -0.1) is 12.4 Å². The standard InChI is InChI=1S/C26H39N3O3.ClH/c30-25(22-8-3-1-4-9-22)28-17-19-29(20-18-28)26(31)23-10-12-24(13-11-23)32-21-7-16-27-14-5-2-6-15-27;/h10-13,22H,1-9,14-21H2;1H. The van der Waals surface area contributed by atoms with Gasteiger partial charge in [-0.2, -0.15) is 0 Å². The number of piperazine rings is 1. The molecule has 2 saturated heterocycles. The van der Waals surface area contributed by atoms with E-state index >= 15 is 0 Å². The summed E-state index contributed by atoms with van der Waals surface area (Å²) in [5, 5.41) is 0. The molecule has 1 aliphatic carbocycles. The normalized spacial score (nSPS) is 20.2. The van der Waals surface area contributed by atoms with E-state index in [1.807, 2.05) is 34.1 Å². The van der Waals surface area contributed by atoms with Gasteiger partial charge in [0, 0.05) is 44.2 Å². The number of benzene rings is 1. The molecule has 0 aromatic heterocycles. The molecular weight excluding hydrogens is 438 g/mol. The lowest BCUT2D eigenvalue weighted by Gasteiger charge is -2.37. The third-order valence-corrected chi connectivity index (χ3v) is 7.27. The number of carbonyl (C=O) groups is 2. The molecule has 0 radical (unpaired) electrons. The molecule has 0 N–H and O–H groups in total. The number of carbonyl (C=O) groups excluding carboxylic acids is 2. The molecule has 7 heteroatoms. The maximum atomic E-state index is 12.9. The van der Waals surface area contributed by atoms with Gasteiger partial charge in [0.15, 0.2) is 0 Å². The molecule has 6 nitrogen and oxygen atoms in total. The number of likely N-dealkylation sites (tertiary alicyclic amines) is 1. The zero-order chi connectivity index (χ0) is 22.2. The Balaban J connectivity index is 0.00000306. The third-order valence-electron chi connectivity index (χ3n) is 7.27. The van der Waals surface area contributed by atoms with Crippen LogP contribution in [0.1, 0.15) is 68.1 Å². The molecule has 1 aromatic rings. The molecule has 0 bridgehead atoms. The van der Waals surface area contributed by atoms with Crippen LogP contribution in [-0.2, 0) is 4.79 Å².